The lowest BCUT2D eigenvalue weighted by atomic mass is 10.3. The van der Waals surface area contributed by atoms with Crippen molar-refractivity contribution < 1.29 is 4.79 Å². The number of carbonyl (C=O) groups excluding carboxylic acids is 1. The predicted octanol–water partition coefficient (Wildman–Crippen LogP) is 3.65. The molecule has 100 valence electrons. The molecule has 2 aromatic rings. The van der Waals surface area contributed by atoms with E-state index in [0.29, 0.717) is 17.9 Å². The van der Waals surface area contributed by atoms with Gasteiger partial charge in [-0.2, -0.15) is 0 Å². The van der Waals surface area contributed by atoms with Crippen LogP contribution in [0.2, 0.25) is 4.34 Å². The third kappa shape index (κ3) is 3.87. The first-order chi connectivity index (χ1) is 9.04. The molecule has 1 aromatic carbocycles. The number of hydrogen-bond acceptors (Lipinski definition) is 3. The van der Waals surface area contributed by atoms with Gasteiger partial charge in [-0.15, -0.1) is 11.3 Å². The van der Waals surface area contributed by atoms with Crippen molar-refractivity contribution >= 4 is 40.3 Å². The van der Waals surface area contributed by atoms with Crippen molar-refractivity contribution in [2.45, 2.75) is 6.54 Å². The Morgan fingerprint density at radius 1 is 1.42 bits per heavy atom. The molecule has 0 saturated carbocycles. The molecule has 0 saturated heterocycles. The predicted molar refractivity (Wildman–Crippen MR) is 80.7 cm³/mol. The average molecular weight is 296 g/mol. The summed E-state index contributed by atoms with van der Waals surface area (Å²) in [6.45, 7) is 0.519. The van der Waals surface area contributed by atoms with Crippen LogP contribution in [0.5, 0.6) is 0 Å². The first-order valence-electron chi connectivity index (χ1n) is 5.66. The Balaban J connectivity index is 1.96. The second kappa shape index (κ2) is 5.95. The molecule has 19 heavy (non-hydrogen) atoms. The van der Waals surface area contributed by atoms with Gasteiger partial charge < -0.3 is 16.0 Å². The number of nitrogens with zero attached hydrogens (tertiary/aromatic N) is 1. The molecule has 4 nitrogen and oxygen atoms in total. The number of rotatable bonds is 3. The maximum atomic E-state index is 12.0. The fraction of sp³-hybridized carbons (Fsp3) is 0.154. The van der Waals surface area contributed by atoms with Crippen LogP contribution >= 0.6 is 22.9 Å². The highest BCUT2D eigenvalue weighted by Gasteiger charge is 2.10. The zero-order valence-electron chi connectivity index (χ0n) is 10.4. The van der Waals surface area contributed by atoms with Gasteiger partial charge in [0, 0.05) is 23.3 Å². The quantitative estimate of drug-likeness (QED) is 0.849. The topological polar surface area (TPSA) is 58.4 Å². The number of urea groups is 1. The van der Waals surface area contributed by atoms with Gasteiger partial charge in [-0.05, 0) is 30.3 Å². The maximum Gasteiger partial charge on any atom is 0.321 e. The van der Waals surface area contributed by atoms with E-state index in [1.807, 2.05) is 12.1 Å². The van der Waals surface area contributed by atoms with E-state index >= 15 is 0 Å². The Hall–Kier alpha value is -1.72. The van der Waals surface area contributed by atoms with Gasteiger partial charge in [0.05, 0.1) is 10.9 Å². The minimum atomic E-state index is -0.185. The summed E-state index contributed by atoms with van der Waals surface area (Å²) in [7, 11) is 1.73. The molecule has 0 atom stereocenters. The number of carbonyl (C=O) groups is 1. The van der Waals surface area contributed by atoms with Crippen molar-refractivity contribution in [1.29, 1.82) is 0 Å². The molecular formula is C13H14ClN3OS. The molecule has 1 aromatic heterocycles. The molecule has 3 N–H and O–H groups in total. The zero-order chi connectivity index (χ0) is 13.8. The number of nitrogen functional groups attached to an aromatic ring is 1. The van der Waals surface area contributed by atoms with E-state index in [-0.39, 0.29) is 6.03 Å². The van der Waals surface area contributed by atoms with E-state index in [0.717, 1.165) is 9.21 Å². The number of benzene rings is 1. The van der Waals surface area contributed by atoms with Crippen molar-refractivity contribution in [1.82, 2.24) is 4.90 Å². The Morgan fingerprint density at radius 2 is 2.21 bits per heavy atom. The lowest BCUT2D eigenvalue weighted by molar-refractivity contribution is 0.221. The SMILES string of the molecule is CN(Cc1ccc(Cl)s1)C(=O)Nc1cccc(N)c1. The van der Waals surface area contributed by atoms with Crippen molar-refractivity contribution in [3.8, 4) is 0 Å². The molecule has 2 amide bonds. The van der Waals surface area contributed by atoms with E-state index in [4.69, 9.17) is 17.3 Å². The molecule has 0 aliphatic heterocycles. The van der Waals surface area contributed by atoms with Gasteiger partial charge in [-0.1, -0.05) is 17.7 Å². The van der Waals surface area contributed by atoms with Crippen LogP contribution in [-0.2, 0) is 6.54 Å². The molecule has 0 aliphatic carbocycles. The minimum Gasteiger partial charge on any atom is -0.399 e. The molecule has 0 fully saturated rings. The van der Waals surface area contributed by atoms with E-state index in [1.165, 1.54) is 11.3 Å². The number of anilines is 2. The average Bonchev–Trinajstić information content (AvgIpc) is 2.74. The normalized spacial score (nSPS) is 10.2. The Labute approximate surface area is 120 Å². The summed E-state index contributed by atoms with van der Waals surface area (Å²) in [5.74, 6) is 0. The maximum absolute atomic E-state index is 12.0. The van der Waals surface area contributed by atoms with Gasteiger partial charge in [0.25, 0.3) is 0 Å². The van der Waals surface area contributed by atoms with Gasteiger partial charge in [0.15, 0.2) is 0 Å². The summed E-state index contributed by atoms with van der Waals surface area (Å²) in [4.78, 5) is 14.6. The summed E-state index contributed by atoms with van der Waals surface area (Å²) in [6.07, 6.45) is 0. The molecular weight excluding hydrogens is 282 g/mol. The third-order valence-electron chi connectivity index (χ3n) is 2.51. The first kappa shape index (κ1) is 13.7. The highest BCUT2D eigenvalue weighted by atomic mass is 35.5. The molecule has 1 heterocycles. The molecule has 0 spiro atoms. The van der Waals surface area contributed by atoms with Gasteiger partial charge in [-0.25, -0.2) is 4.79 Å². The van der Waals surface area contributed by atoms with Gasteiger partial charge in [0.2, 0.25) is 0 Å². The van der Waals surface area contributed by atoms with Crippen molar-refractivity contribution in [2.24, 2.45) is 0 Å². The van der Waals surface area contributed by atoms with Gasteiger partial charge in [-0.3, -0.25) is 0 Å². The number of halogens is 1. The first-order valence-corrected chi connectivity index (χ1v) is 6.86. The van der Waals surface area contributed by atoms with Crippen LogP contribution in [0, 0.1) is 0 Å². The Morgan fingerprint density at radius 3 is 2.84 bits per heavy atom. The summed E-state index contributed by atoms with van der Waals surface area (Å²) < 4.78 is 0.722. The zero-order valence-corrected chi connectivity index (χ0v) is 12.0. The summed E-state index contributed by atoms with van der Waals surface area (Å²) >= 11 is 7.32. The lowest BCUT2D eigenvalue weighted by Crippen LogP contribution is -2.30. The van der Waals surface area contributed by atoms with Crippen LogP contribution in [-0.4, -0.2) is 18.0 Å². The molecule has 2 rings (SSSR count). The lowest BCUT2D eigenvalue weighted by Gasteiger charge is -2.17. The molecule has 0 radical (unpaired) electrons. The largest absolute Gasteiger partial charge is 0.399 e. The van der Waals surface area contributed by atoms with Crippen LogP contribution in [0.3, 0.4) is 0 Å². The van der Waals surface area contributed by atoms with Crippen LogP contribution < -0.4 is 11.1 Å². The van der Waals surface area contributed by atoms with Crippen molar-refractivity contribution in [2.75, 3.05) is 18.1 Å². The van der Waals surface area contributed by atoms with E-state index < -0.39 is 0 Å². The number of nitrogens with two attached hydrogens (primary N) is 1. The molecule has 0 aliphatic rings. The Kier molecular flexibility index (Phi) is 4.29. The van der Waals surface area contributed by atoms with Crippen molar-refractivity contribution in [3.63, 3.8) is 0 Å². The third-order valence-corrected chi connectivity index (χ3v) is 3.72. The molecule has 0 bridgehead atoms. The van der Waals surface area contributed by atoms with Gasteiger partial charge in [0.1, 0.15) is 0 Å². The van der Waals surface area contributed by atoms with Crippen LogP contribution in [0.25, 0.3) is 0 Å². The monoisotopic (exact) mass is 295 g/mol. The number of amides is 2. The summed E-state index contributed by atoms with van der Waals surface area (Å²) in [5, 5.41) is 2.79. The summed E-state index contributed by atoms with van der Waals surface area (Å²) in [5.41, 5.74) is 6.96. The minimum absolute atomic E-state index is 0.185. The highest BCUT2D eigenvalue weighted by molar-refractivity contribution is 7.16. The molecule has 6 heteroatoms. The number of hydrogen-bond donors (Lipinski definition) is 2. The standard InChI is InChI=1S/C13H14ClN3OS/c1-17(8-11-5-6-12(14)19-11)13(18)16-10-4-2-3-9(15)7-10/h2-7H,8,15H2,1H3,(H,16,18). The van der Waals surface area contributed by atoms with E-state index in [9.17, 15) is 4.79 Å². The van der Waals surface area contributed by atoms with Crippen LogP contribution in [0.4, 0.5) is 16.2 Å². The van der Waals surface area contributed by atoms with Crippen molar-refractivity contribution in [3.05, 3.63) is 45.6 Å². The summed E-state index contributed by atoms with van der Waals surface area (Å²) in [6, 6.07) is 10.6. The Bertz CT molecular complexity index is 585. The van der Waals surface area contributed by atoms with Crippen LogP contribution in [0.15, 0.2) is 36.4 Å². The fourth-order valence-electron chi connectivity index (χ4n) is 1.58. The van der Waals surface area contributed by atoms with Crippen LogP contribution in [0.1, 0.15) is 4.88 Å². The van der Waals surface area contributed by atoms with Gasteiger partial charge >= 0.3 is 6.03 Å². The molecule has 0 unspecified atom stereocenters. The number of thiophene rings is 1. The second-order valence-electron chi connectivity index (χ2n) is 4.12. The highest BCUT2D eigenvalue weighted by Crippen LogP contribution is 2.22. The fourth-order valence-corrected chi connectivity index (χ4v) is 2.72. The van der Waals surface area contributed by atoms with E-state index in [1.54, 1.807) is 36.2 Å². The van der Waals surface area contributed by atoms with E-state index in [2.05, 4.69) is 5.32 Å². The smallest absolute Gasteiger partial charge is 0.321 e. The second-order valence-corrected chi connectivity index (χ2v) is 5.92. The number of nitrogens with one attached hydrogen (secondary N) is 1.